The second kappa shape index (κ2) is 9.31. The average molecular weight is 351 g/mol. The lowest BCUT2D eigenvalue weighted by molar-refractivity contribution is -0.183. The van der Waals surface area contributed by atoms with Gasteiger partial charge in [0, 0.05) is 38.6 Å². The van der Waals surface area contributed by atoms with E-state index < -0.39 is 0 Å². The first-order valence-corrected chi connectivity index (χ1v) is 9.42. The van der Waals surface area contributed by atoms with Crippen molar-refractivity contribution in [1.29, 1.82) is 0 Å². The lowest BCUT2D eigenvalue weighted by Gasteiger charge is -2.40. The molecule has 0 aliphatic carbocycles. The van der Waals surface area contributed by atoms with Crippen molar-refractivity contribution in [2.45, 2.75) is 38.1 Å². The van der Waals surface area contributed by atoms with Crippen molar-refractivity contribution < 1.29 is 14.4 Å². The van der Waals surface area contributed by atoms with Gasteiger partial charge in [-0.3, -0.25) is 4.90 Å². The van der Waals surface area contributed by atoms with Crippen molar-refractivity contribution in [3.8, 4) is 0 Å². The van der Waals surface area contributed by atoms with Gasteiger partial charge in [0.2, 0.25) is 0 Å². The van der Waals surface area contributed by atoms with Gasteiger partial charge in [-0.2, -0.15) is 5.06 Å². The molecule has 0 aromatic rings. The fraction of sp³-hybridized carbons (Fsp3) is 0.824. The van der Waals surface area contributed by atoms with E-state index in [1.54, 1.807) is 0 Å². The standard InChI is InChI=1S/C17H29N5O3/c23-14-16-3-1-2-8-22(16)25-17(24)13-19-21-11-9-20(10-12-21)15-4-6-18-7-5-15/h15,18-19H,1-13H2. The zero-order chi connectivity index (χ0) is 17.5. The molecular formula is C17H29N5O3. The fourth-order valence-electron chi connectivity index (χ4n) is 3.76. The quantitative estimate of drug-likeness (QED) is 0.643. The Morgan fingerprint density at radius 1 is 1.16 bits per heavy atom. The number of nitrogens with zero attached hydrogens (tertiary/aromatic N) is 3. The summed E-state index contributed by atoms with van der Waals surface area (Å²) in [4.78, 5) is 30.8. The van der Waals surface area contributed by atoms with Crippen LogP contribution in [0.4, 0.5) is 0 Å². The summed E-state index contributed by atoms with van der Waals surface area (Å²) < 4.78 is 0. The number of allylic oxidation sites excluding steroid dienone is 1. The van der Waals surface area contributed by atoms with Crippen LogP contribution in [-0.2, 0) is 14.4 Å². The molecule has 3 rings (SSSR count). The van der Waals surface area contributed by atoms with E-state index in [-0.39, 0.29) is 12.5 Å². The first-order valence-electron chi connectivity index (χ1n) is 9.42. The van der Waals surface area contributed by atoms with Crippen LogP contribution < -0.4 is 10.7 Å². The molecule has 3 saturated heterocycles. The summed E-state index contributed by atoms with van der Waals surface area (Å²) in [5.41, 5.74) is 3.59. The van der Waals surface area contributed by atoms with Gasteiger partial charge in [0.25, 0.3) is 0 Å². The van der Waals surface area contributed by atoms with Gasteiger partial charge in [0.15, 0.2) is 0 Å². The maximum Gasteiger partial charge on any atom is 0.347 e. The molecule has 3 aliphatic heterocycles. The first kappa shape index (κ1) is 18.4. The van der Waals surface area contributed by atoms with Crippen molar-refractivity contribution >= 4 is 11.9 Å². The molecule has 0 radical (unpaired) electrons. The van der Waals surface area contributed by atoms with E-state index in [0.29, 0.717) is 24.7 Å². The van der Waals surface area contributed by atoms with Crippen molar-refractivity contribution in [3.63, 3.8) is 0 Å². The van der Waals surface area contributed by atoms with Crippen LogP contribution in [0.5, 0.6) is 0 Å². The number of hydroxylamine groups is 2. The van der Waals surface area contributed by atoms with Crippen molar-refractivity contribution in [1.82, 2.24) is 25.7 Å². The lowest BCUT2D eigenvalue weighted by Crippen LogP contribution is -2.56. The lowest BCUT2D eigenvalue weighted by atomic mass is 10.0. The van der Waals surface area contributed by atoms with Crippen LogP contribution >= 0.6 is 0 Å². The Labute approximate surface area is 149 Å². The molecule has 0 saturated carbocycles. The molecule has 0 unspecified atom stereocenters. The minimum Gasteiger partial charge on any atom is -0.339 e. The fourth-order valence-corrected chi connectivity index (χ4v) is 3.76. The summed E-state index contributed by atoms with van der Waals surface area (Å²) in [6, 6.07) is 0.695. The molecule has 8 heteroatoms. The minimum atomic E-state index is -0.365. The monoisotopic (exact) mass is 351 g/mol. The van der Waals surface area contributed by atoms with Crippen molar-refractivity contribution in [2.24, 2.45) is 0 Å². The number of hydrogen-bond acceptors (Lipinski definition) is 8. The van der Waals surface area contributed by atoms with Gasteiger partial charge in [0.05, 0.1) is 6.54 Å². The number of hydrogen-bond donors (Lipinski definition) is 2. The molecule has 0 atom stereocenters. The normalized spacial score (nSPS) is 24.2. The van der Waals surface area contributed by atoms with E-state index in [2.05, 4.69) is 20.7 Å². The molecular weight excluding hydrogens is 322 g/mol. The van der Waals surface area contributed by atoms with Crippen LogP contribution in [0, 0.1) is 0 Å². The van der Waals surface area contributed by atoms with Gasteiger partial charge in [-0.15, -0.1) is 0 Å². The largest absolute Gasteiger partial charge is 0.347 e. The van der Waals surface area contributed by atoms with E-state index >= 15 is 0 Å². The van der Waals surface area contributed by atoms with E-state index in [4.69, 9.17) is 4.84 Å². The van der Waals surface area contributed by atoms with Crippen LogP contribution in [0.3, 0.4) is 0 Å². The van der Waals surface area contributed by atoms with E-state index in [9.17, 15) is 9.59 Å². The number of carbonyl (C=O) groups is 1. The smallest absolute Gasteiger partial charge is 0.339 e. The molecule has 25 heavy (non-hydrogen) atoms. The van der Waals surface area contributed by atoms with Gasteiger partial charge in [0.1, 0.15) is 18.2 Å². The maximum atomic E-state index is 12.0. The van der Waals surface area contributed by atoms with Crippen LogP contribution in [0.1, 0.15) is 32.1 Å². The van der Waals surface area contributed by atoms with Gasteiger partial charge < -0.3 is 10.2 Å². The number of carbonyl (C=O) groups excluding carboxylic acids is 2. The molecule has 0 aromatic carbocycles. The van der Waals surface area contributed by atoms with Crippen molar-refractivity contribution in [2.75, 3.05) is 52.4 Å². The van der Waals surface area contributed by atoms with Crippen LogP contribution in [0.25, 0.3) is 0 Å². The van der Waals surface area contributed by atoms with Crippen LogP contribution in [0.2, 0.25) is 0 Å². The Kier molecular flexibility index (Phi) is 6.84. The van der Waals surface area contributed by atoms with Gasteiger partial charge in [-0.1, -0.05) is 0 Å². The summed E-state index contributed by atoms with van der Waals surface area (Å²) in [5.74, 6) is 1.51. The zero-order valence-electron chi connectivity index (χ0n) is 14.8. The Morgan fingerprint density at radius 3 is 2.64 bits per heavy atom. The van der Waals surface area contributed by atoms with Crippen LogP contribution in [0.15, 0.2) is 5.70 Å². The molecule has 8 nitrogen and oxygen atoms in total. The first-order chi connectivity index (χ1) is 12.3. The summed E-state index contributed by atoms with van der Waals surface area (Å²) in [6.45, 7) is 6.78. The highest BCUT2D eigenvalue weighted by atomic mass is 16.7. The summed E-state index contributed by atoms with van der Waals surface area (Å²) in [5, 5.41) is 6.89. The SMILES string of the molecule is O=C=C1CCCCN1OC(=O)CNN1CCN(C2CCNCC2)CC1. The second-order valence-corrected chi connectivity index (χ2v) is 6.91. The predicted octanol–water partition coefficient (Wildman–Crippen LogP) is -0.480. The molecule has 140 valence electrons. The molecule has 0 bridgehead atoms. The van der Waals surface area contributed by atoms with Gasteiger partial charge >= 0.3 is 5.97 Å². The third-order valence-electron chi connectivity index (χ3n) is 5.24. The Hall–Kier alpha value is -1.44. The number of nitrogens with one attached hydrogen (secondary N) is 2. The number of hydrazine groups is 1. The number of rotatable bonds is 5. The number of piperidine rings is 2. The maximum absolute atomic E-state index is 12.0. The molecule has 0 amide bonds. The minimum absolute atomic E-state index is 0.121. The van der Waals surface area contributed by atoms with Gasteiger partial charge in [-0.25, -0.2) is 20.0 Å². The zero-order valence-corrected chi connectivity index (χ0v) is 14.8. The molecule has 2 N–H and O–H groups in total. The highest BCUT2D eigenvalue weighted by Crippen LogP contribution is 2.18. The summed E-state index contributed by atoms with van der Waals surface area (Å²) >= 11 is 0. The second-order valence-electron chi connectivity index (χ2n) is 6.91. The van der Waals surface area contributed by atoms with Crippen LogP contribution in [-0.4, -0.2) is 85.3 Å². The number of piperazine rings is 1. The highest BCUT2D eigenvalue weighted by molar-refractivity contribution is 5.71. The average Bonchev–Trinajstić information content (AvgIpc) is 2.68. The summed E-state index contributed by atoms with van der Waals surface area (Å²) in [6.07, 6.45) is 4.94. The Morgan fingerprint density at radius 2 is 1.92 bits per heavy atom. The van der Waals surface area contributed by atoms with Gasteiger partial charge in [-0.05, 0) is 38.8 Å². The predicted molar refractivity (Wildman–Crippen MR) is 92.9 cm³/mol. The highest BCUT2D eigenvalue weighted by Gasteiger charge is 2.25. The Bertz CT molecular complexity index is 495. The topological polar surface area (TPSA) is 77.2 Å². The van der Waals surface area contributed by atoms with E-state index in [1.165, 1.54) is 17.9 Å². The molecule has 3 heterocycles. The molecule has 0 spiro atoms. The third kappa shape index (κ3) is 5.26. The summed E-state index contributed by atoms with van der Waals surface area (Å²) in [7, 11) is 0. The van der Waals surface area contributed by atoms with Crippen molar-refractivity contribution in [3.05, 3.63) is 5.70 Å². The molecule has 3 fully saturated rings. The van der Waals surface area contributed by atoms with E-state index in [1.807, 2.05) is 5.94 Å². The van der Waals surface area contributed by atoms with E-state index in [0.717, 1.165) is 52.1 Å². The third-order valence-corrected chi connectivity index (χ3v) is 5.24. The Balaban J connectivity index is 1.35. The molecule has 0 aromatic heterocycles. The molecule has 3 aliphatic rings.